The van der Waals surface area contributed by atoms with Gasteiger partial charge in [0.15, 0.2) is 0 Å². The number of hydrogen-bond donors (Lipinski definition) is 0. The highest BCUT2D eigenvalue weighted by molar-refractivity contribution is 6.52. The fourth-order valence-electron chi connectivity index (χ4n) is 3.99. The van der Waals surface area contributed by atoms with Crippen molar-refractivity contribution in [2.75, 3.05) is 44.2 Å². The molecule has 2 aliphatic heterocycles. The van der Waals surface area contributed by atoms with E-state index in [2.05, 4.69) is 34.1 Å². The molecule has 156 valence electrons. The van der Waals surface area contributed by atoms with Crippen LogP contribution in [0.15, 0.2) is 48.5 Å². The number of nitrogens with zero attached hydrogens (tertiary/aromatic N) is 3. The predicted molar refractivity (Wildman–Crippen MR) is 121 cm³/mol. The number of amides is 1. The minimum atomic E-state index is -0.387. The number of rotatable bonds is 5. The second-order valence-electron chi connectivity index (χ2n) is 7.36. The third kappa shape index (κ3) is 4.98. The van der Waals surface area contributed by atoms with Crippen LogP contribution < -0.4 is 4.90 Å². The van der Waals surface area contributed by atoms with Crippen LogP contribution in [0.5, 0.6) is 0 Å². The van der Waals surface area contributed by atoms with E-state index in [1.807, 2.05) is 31.2 Å². The zero-order valence-electron chi connectivity index (χ0n) is 16.5. The lowest BCUT2D eigenvalue weighted by molar-refractivity contribution is -0.114. The third-order valence-corrected chi connectivity index (χ3v) is 5.56. The number of halogens is 2. The Hall–Kier alpha value is -1.92. The summed E-state index contributed by atoms with van der Waals surface area (Å²) < 4.78 is 0. The van der Waals surface area contributed by atoms with Gasteiger partial charge in [-0.3, -0.25) is 19.4 Å². The van der Waals surface area contributed by atoms with Gasteiger partial charge in [0.2, 0.25) is 0 Å². The molecule has 0 radical (unpaired) electrons. The number of ketones is 1. The molecule has 2 aromatic carbocycles. The molecule has 0 N–H and O–H groups in total. The summed E-state index contributed by atoms with van der Waals surface area (Å²) >= 11 is 0. The highest BCUT2D eigenvalue weighted by Crippen LogP contribution is 2.31. The van der Waals surface area contributed by atoms with Crippen molar-refractivity contribution in [3.63, 3.8) is 0 Å². The van der Waals surface area contributed by atoms with Crippen LogP contribution in [0, 0.1) is 6.92 Å². The fraction of sp³-hybridized carbons (Fsp3) is 0.364. The summed E-state index contributed by atoms with van der Waals surface area (Å²) in [6, 6.07) is 16.2. The number of Topliss-reactive ketones (excluding diaryl/α,β-unsaturated/α-hetero) is 1. The highest BCUT2D eigenvalue weighted by Gasteiger charge is 2.36. The second kappa shape index (κ2) is 10.2. The van der Waals surface area contributed by atoms with Gasteiger partial charge in [0.05, 0.1) is 11.3 Å². The normalized spacial score (nSPS) is 16.9. The van der Waals surface area contributed by atoms with Crippen molar-refractivity contribution >= 4 is 42.2 Å². The summed E-state index contributed by atoms with van der Waals surface area (Å²) in [4.78, 5) is 31.2. The molecular weight excluding hydrogens is 409 g/mol. The smallest absolute Gasteiger partial charge is 0.299 e. The Kier molecular flexibility index (Phi) is 8.23. The summed E-state index contributed by atoms with van der Waals surface area (Å²) in [5.74, 6) is -0.752. The van der Waals surface area contributed by atoms with Gasteiger partial charge in [-0.2, -0.15) is 0 Å². The Balaban J connectivity index is 0.00000150. The number of fused-ring (bicyclic) bond motifs is 1. The zero-order chi connectivity index (χ0) is 18.8. The maximum absolute atomic E-state index is 12.4. The van der Waals surface area contributed by atoms with E-state index in [0.29, 0.717) is 12.1 Å². The molecule has 0 saturated carbocycles. The topological polar surface area (TPSA) is 43.9 Å². The molecule has 7 heteroatoms. The lowest BCUT2D eigenvalue weighted by Crippen LogP contribution is -2.48. The molecule has 0 bridgehead atoms. The quantitative estimate of drug-likeness (QED) is 0.676. The Morgan fingerprint density at radius 2 is 1.45 bits per heavy atom. The monoisotopic (exact) mass is 435 g/mol. The first-order chi connectivity index (χ1) is 13.1. The lowest BCUT2D eigenvalue weighted by Gasteiger charge is -2.35. The summed E-state index contributed by atoms with van der Waals surface area (Å²) in [7, 11) is 0. The van der Waals surface area contributed by atoms with Crippen molar-refractivity contribution in [2.24, 2.45) is 0 Å². The summed E-state index contributed by atoms with van der Waals surface area (Å²) in [6.45, 7) is 8.27. The minimum absolute atomic E-state index is 0. The molecule has 1 amide bonds. The summed E-state index contributed by atoms with van der Waals surface area (Å²) in [6.07, 6.45) is 0. The number of carbonyl (C=O) groups excluding carboxylic acids is 2. The largest absolute Gasteiger partial charge is 0.303 e. The highest BCUT2D eigenvalue weighted by atomic mass is 35.5. The molecule has 1 fully saturated rings. The van der Waals surface area contributed by atoms with E-state index in [1.54, 1.807) is 4.90 Å². The Morgan fingerprint density at radius 1 is 0.793 bits per heavy atom. The lowest BCUT2D eigenvalue weighted by atomic mass is 10.1. The molecule has 2 heterocycles. The molecular formula is C22H27Cl2N3O2. The number of hydrogen-bond acceptors (Lipinski definition) is 4. The Bertz CT molecular complexity index is 852. The van der Waals surface area contributed by atoms with Crippen molar-refractivity contribution in [1.29, 1.82) is 0 Å². The van der Waals surface area contributed by atoms with Gasteiger partial charge in [-0.25, -0.2) is 0 Å². The number of aryl methyl sites for hydroxylation is 1. The molecule has 4 rings (SSSR count). The molecule has 1 saturated heterocycles. The minimum Gasteiger partial charge on any atom is -0.303 e. The molecule has 5 nitrogen and oxygen atoms in total. The van der Waals surface area contributed by atoms with Crippen LogP contribution in [0.4, 0.5) is 5.69 Å². The van der Waals surface area contributed by atoms with Crippen LogP contribution in [0.3, 0.4) is 0 Å². The average Bonchev–Trinajstić information content (AvgIpc) is 2.94. The van der Waals surface area contributed by atoms with E-state index in [9.17, 15) is 9.59 Å². The summed E-state index contributed by atoms with van der Waals surface area (Å²) in [5, 5.41) is 0. The molecule has 0 atom stereocenters. The SMILES string of the molecule is Cc1cccc2c1C(=O)C(=O)N2CCN1CCN(Cc2ccccc2)CC1.Cl.Cl. The number of carbonyl (C=O) groups is 2. The van der Waals surface area contributed by atoms with Crippen molar-refractivity contribution in [2.45, 2.75) is 13.5 Å². The van der Waals surface area contributed by atoms with E-state index in [-0.39, 0.29) is 36.5 Å². The first-order valence-corrected chi connectivity index (χ1v) is 9.58. The van der Waals surface area contributed by atoms with Crippen LogP contribution >= 0.6 is 24.8 Å². The standard InChI is InChI=1S/C22H25N3O2.2ClH/c1-17-6-5-9-19-20(17)21(26)22(27)25(19)15-14-23-10-12-24(13-11-23)16-18-7-3-2-4-8-18;;/h2-9H,10-16H2,1H3;2*1H. The van der Waals surface area contributed by atoms with E-state index in [4.69, 9.17) is 0 Å². The number of piperazine rings is 1. The van der Waals surface area contributed by atoms with Crippen molar-refractivity contribution in [1.82, 2.24) is 9.80 Å². The van der Waals surface area contributed by atoms with Gasteiger partial charge in [-0.15, -0.1) is 24.8 Å². The molecule has 29 heavy (non-hydrogen) atoms. The van der Waals surface area contributed by atoms with Crippen LogP contribution in [-0.4, -0.2) is 60.8 Å². The van der Waals surface area contributed by atoms with E-state index >= 15 is 0 Å². The van der Waals surface area contributed by atoms with Gasteiger partial charge in [-0.05, 0) is 24.1 Å². The molecule has 2 aliphatic rings. The third-order valence-electron chi connectivity index (χ3n) is 5.56. The van der Waals surface area contributed by atoms with Gasteiger partial charge >= 0.3 is 0 Å². The van der Waals surface area contributed by atoms with Crippen LogP contribution in [0.25, 0.3) is 0 Å². The second-order valence-corrected chi connectivity index (χ2v) is 7.36. The van der Waals surface area contributed by atoms with Gasteiger partial charge < -0.3 is 4.90 Å². The summed E-state index contributed by atoms with van der Waals surface area (Å²) in [5.41, 5.74) is 3.57. The van der Waals surface area contributed by atoms with Crippen molar-refractivity contribution < 1.29 is 9.59 Å². The van der Waals surface area contributed by atoms with Gasteiger partial charge in [0.25, 0.3) is 11.7 Å². The average molecular weight is 436 g/mol. The first kappa shape index (κ1) is 23.4. The van der Waals surface area contributed by atoms with E-state index in [1.165, 1.54) is 5.56 Å². The van der Waals surface area contributed by atoms with Crippen LogP contribution in [-0.2, 0) is 11.3 Å². The van der Waals surface area contributed by atoms with Crippen molar-refractivity contribution in [3.8, 4) is 0 Å². The maximum Gasteiger partial charge on any atom is 0.299 e. The van der Waals surface area contributed by atoms with Gasteiger partial charge in [0.1, 0.15) is 0 Å². The fourth-order valence-corrected chi connectivity index (χ4v) is 3.99. The van der Waals surface area contributed by atoms with E-state index in [0.717, 1.165) is 50.5 Å². The predicted octanol–water partition coefficient (Wildman–Crippen LogP) is 3.19. The molecule has 0 aromatic heterocycles. The van der Waals surface area contributed by atoms with E-state index < -0.39 is 0 Å². The van der Waals surface area contributed by atoms with Crippen molar-refractivity contribution in [3.05, 3.63) is 65.2 Å². The number of anilines is 1. The molecule has 0 unspecified atom stereocenters. The maximum atomic E-state index is 12.4. The molecule has 0 spiro atoms. The van der Waals surface area contributed by atoms with Gasteiger partial charge in [-0.1, -0.05) is 42.5 Å². The van der Waals surface area contributed by atoms with Gasteiger partial charge in [0, 0.05) is 45.8 Å². The Morgan fingerprint density at radius 3 is 2.14 bits per heavy atom. The first-order valence-electron chi connectivity index (χ1n) is 9.58. The van der Waals surface area contributed by atoms with Crippen LogP contribution in [0.2, 0.25) is 0 Å². The zero-order valence-corrected chi connectivity index (χ0v) is 18.2. The van der Waals surface area contributed by atoms with Crippen LogP contribution in [0.1, 0.15) is 21.5 Å². The molecule has 2 aromatic rings. The Labute approximate surface area is 184 Å². The molecule has 0 aliphatic carbocycles. The number of benzene rings is 2.